The molecule has 2 aliphatic carbocycles. The van der Waals surface area contributed by atoms with Crippen LogP contribution in [0, 0.1) is 11.3 Å². The molecule has 0 atom stereocenters. The van der Waals surface area contributed by atoms with Gasteiger partial charge in [0, 0.05) is 0 Å². The summed E-state index contributed by atoms with van der Waals surface area (Å²) in [5, 5.41) is 5.40. The highest BCUT2D eigenvalue weighted by Gasteiger charge is 2.34. The molecule has 0 radical (unpaired) electrons. The van der Waals surface area contributed by atoms with E-state index in [0.717, 1.165) is 31.3 Å². The molecule has 19 heavy (non-hydrogen) atoms. The van der Waals surface area contributed by atoms with Crippen molar-refractivity contribution in [3.05, 3.63) is 0 Å². The summed E-state index contributed by atoms with van der Waals surface area (Å²) in [6, 6.07) is 0. The Bertz CT molecular complexity index is 330. The SMILES string of the molecule is N=C=O.O=C=NC1(CC2CCCCC2)CCCCC1. The average molecular weight is 264 g/mol. The Kier molecular flexibility index (Phi) is 7.32. The molecule has 4 nitrogen and oxygen atoms in total. The number of aliphatic imine (C=N–C) groups is 1. The lowest BCUT2D eigenvalue weighted by molar-refractivity contribution is 0.209. The Morgan fingerprint density at radius 3 is 2.05 bits per heavy atom. The van der Waals surface area contributed by atoms with Crippen molar-refractivity contribution < 1.29 is 9.59 Å². The van der Waals surface area contributed by atoms with E-state index in [1.807, 2.05) is 6.08 Å². The maximum Gasteiger partial charge on any atom is 0.235 e. The molecule has 0 spiro atoms. The van der Waals surface area contributed by atoms with Gasteiger partial charge in [-0.25, -0.2) is 15.0 Å². The Hall–Kier alpha value is -1.24. The monoisotopic (exact) mass is 264 g/mol. The summed E-state index contributed by atoms with van der Waals surface area (Å²) in [4.78, 5) is 23.2. The number of nitrogens with zero attached hydrogens (tertiary/aromatic N) is 1. The van der Waals surface area contributed by atoms with Gasteiger partial charge < -0.3 is 0 Å². The van der Waals surface area contributed by atoms with Crippen LogP contribution >= 0.6 is 0 Å². The quantitative estimate of drug-likeness (QED) is 0.620. The molecular weight excluding hydrogens is 240 g/mol. The molecule has 0 saturated heterocycles. The lowest BCUT2D eigenvalue weighted by Crippen LogP contribution is -2.32. The molecular formula is C15H24N2O2. The second-order valence-corrected chi connectivity index (χ2v) is 5.80. The van der Waals surface area contributed by atoms with Crippen molar-refractivity contribution in [3.63, 3.8) is 0 Å². The first kappa shape index (κ1) is 15.8. The maximum absolute atomic E-state index is 10.6. The van der Waals surface area contributed by atoms with Gasteiger partial charge in [0.2, 0.25) is 12.2 Å². The number of carbonyl (C=O) groups excluding carboxylic acids is 2. The van der Waals surface area contributed by atoms with Crippen LogP contribution in [-0.4, -0.2) is 17.7 Å². The van der Waals surface area contributed by atoms with Gasteiger partial charge in [0.05, 0.1) is 5.54 Å². The van der Waals surface area contributed by atoms with Crippen LogP contribution < -0.4 is 0 Å². The van der Waals surface area contributed by atoms with Gasteiger partial charge in [0.1, 0.15) is 0 Å². The highest BCUT2D eigenvalue weighted by Crippen LogP contribution is 2.40. The predicted octanol–water partition coefficient (Wildman–Crippen LogP) is 3.90. The molecule has 0 aliphatic heterocycles. The highest BCUT2D eigenvalue weighted by molar-refractivity contribution is 5.35. The zero-order chi connectivity index (χ0) is 14.0. The summed E-state index contributed by atoms with van der Waals surface area (Å²) in [5.74, 6) is 0.823. The minimum atomic E-state index is -0.0119. The normalized spacial score (nSPS) is 22.3. The van der Waals surface area contributed by atoms with E-state index in [2.05, 4.69) is 4.99 Å². The molecule has 4 heteroatoms. The molecule has 0 bridgehead atoms. The molecule has 0 aromatic heterocycles. The van der Waals surface area contributed by atoms with E-state index in [4.69, 9.17) is 10.2 Å². The molecule has 2 aliphatic rings. The minimum Gasteiger partial charge on any atom is -0.222 e. The van der Waals surface area contributed by atoms with Gasteiger partial charge in [-0.3, -0.25) is 0 Å². The smallest absolute Gasteiger partial charge is 0.222 e. The summed E-state index contributed by atoms with van der Waals surface area (Å²) in [5.41, 5.74) is -0.0119. The summed E-state index contributed by atoms with van der Waals surface area (Å²) >= 11 is 0. The Labute approximate surface area is 115 Å². The van der Waals surface area contributed by atoms with E-state index in [1.54, 1.807) is 0 Å². The number of nitrogens with one attached hydrogen (secondary N) is 1. The summed E-state index contributed by atoms with van der Waals surface area (Å²) in [6.07, 6.45) is 16.7. The van der Waals surface area contributed by atoms with Crippen molar-refractivity contribution in [2.24, 2.45) is 10.9 Å². The van der Waals surface area contributed by atoms with Crippen LogP contribution in [0.3, 0.4) is 0 Å². The van der Waals surface area contributed by atoms with Crippen LogP contribution in [0.2, 0.25) is 0 Å². The third kappa shape index (κ3) is 5.50. The van der Waals surface area contributed by atoms with Gasteiger partial charge in [-0.1, -0.05) is 51.4 Å². The molecule has 2 saturated carbocycles. The van der Waals surface area contributed by atoms with Crippen molar-refractivity contribution in [1.82, 2.24) is 0 Å². The van der Waals surface area contributed by atoms with Gasteiger partial charge in [-0.15, -0.1) is 0 Å². The molecule has 0 aromatic carbocycles. The minimum absolute atomic E-state index is 0.0119. The first-order valence-electron chi connectivity index (χ1n) is 7.39. The fraction of sp³-hybridized carbons (Fsp3) is 0.867. The molecule has 0 unspecified atom stereocenters. The van der Waals surface area contributed by atoms with E-state index in [9.17, 15) is 4.79 Å². The molecule has 2 fully saturated rings. The molecule has 2 rings (SSSR count). The van der Waals surface area contributed by atoms with Crippen LogP contribution in [0.5, 0.6) is 0 Å². The van der Waals surface area contributed by atoms with Crippen LogP contribution in [0.4, 0.5) is 0 Å². The Morgan fingerprint density at radius 2 is 1.53 bits per heavy atom. The van der Waals surface area contributed by atoms with Crippen LogP contribution in [0.15, 0.2) is 4.99 Å². The van der Waals surface area contributed by atoms with Crippen molar-refractivity contribution >= 4 is 12.2 Å². The first-order valence-corrected chi connectivity index (χ1v) is 7.39. The summed E-state index contributed by atoms with van der Waals surface area (Å²) in [7, 11) is 0. The van der Waals surface area contributed by atoms with E-state index in [1.165, 1.54) is 51.4 Å². The lowest BCUT2D eigenvalue weighted by Gasteiger charge is -2.36. The number of rotatable bonds is 3. The van der Waals surface area contributed by atoms with Crippen LogP contribution in [0.1, 0.15) is 70.6 Å². The zero-order valence-electron chi connectivity index (χ0n) is 11.6. The van der Waals surface area contributed by atoms with Gasteiger partial charge in [0.25, 0.3) is 0 Å². The van der Waals surface area contributed by atoms with E-state index in [0.29, 0.717) is 0 Å². The van der Waals surface area contributed by atoms with E-state index >= 15 is 0 Å². The predicted molar refractivity (Wildman–Crippen MR) is 73.5 cm³/mol. The molecule has 1 N–H and O–H groups in total. The van der Waals surface area contributed by atoms with Crippen molar-refractivity contribution in [1.29, 1.82) is 5.41 Å². The van der Waals surface area contributed by atoms with Crippen molar-refractivity contribution in [2.75, 3.05) is 0 Å². The largest absolute Gasteiger partial charge is 0.235 e. The van der Waals surface area contributed by atoms with Gasteiger partial charge in [-0.2, -0.15) is 4.99 Å². The highest BCUT2D eigenvalue weighted by atomic mass is 16.1. The standard InChI is InChI=1S/C14H23NO.CHNO/c16-12-15-14(9-5-2-6-10-14)11-13-7-3-1-4-8-13;2-1-3/h13H,1-11H2;2H. The molecule has 106 valence electrons. The molecule has 0 amide bonds. The summed E-state index contributed by atoms with van der Waals surface area (Å²) in [6.45, 7) is 0. The van der Waals surface area contributed by atoms with E-state index in [-0.39, 0.29) is 5.54 Å². The molecule has 0 heterocycles. The van der Waals surface area contributed by atoms with Crippen LogP contribution in [-0.2, 0) is 9.59 Å². The third-order valence-corrected chi connectivity index (χ3v) is 4.46. The van der Waals surface area contributed by atoms with Gasteiger partial charge in [-0.05, 0) is 25.2 Å². The Morgan fingerprint density at radius 1 is 1.00 bits per heavy atom. The fourth-order valence-electron chi connectivity index (χ4n) is 3.60. The second kappa shape index (κ2) is 8.79. The van der Waals surface area contributed by atoms with Gasteiger partial charge in [0.15, 0.2) is 0 Å². The van der Waals surface area contributed by atoms with Crippen LogP contribution in [0.25, 0.3) is 0 Å². The van der Waals surface area contributed by atoms with Crippen molar-refractivity contribution in [3.8, 4) is 0 Å². The number of hydrogen-bond donors (Lipinski definition) is 1. The zero-order valence-corrected chi connectivity index (χ0v) is 11.6. The van der Waals surface area contributed by atoms with Gasteiger partial charge >= 0.3 is 0 Å². The lowest BCUT2D eigenvalue weighted by atomic mass is 9.73. The first-order chi connectivity index (χ1) is 9.26. The average Bonchev–Trinajstić information content (AvgIpc) is 2.42. The molecule has 0 aromatic rings. The number of isocyanates is 2. The van der Waals surface area contributed by atoms with E-state index < -0.39 is 0 Å². The van der Waals surface area contributed by atoms with Crippen molar-refractivity contribution in [2.45, 2.75) is 76.2 Å². The maximum atomic E-state index is 10.6. The third-order valence-electron chi connectivity index (χ3n) is 4.46. The number of hydrogen-bond acceptors (Lipinski definition) is 4. The fourth-order valence-corrected chi connectivity index (χ4v) is 3.60. The Balaban J connectivity index is 0.000000550. The second-order valence-electron chi connectivity index (χ2n) is 5.80. The topological polar surface area (TPSA) is 70.3 Å². The summed E-state index contributed by atoms with van der Waals surface area (Å²) < 4.78 is 0.